The Morgan fingerprint density at radius 1 is 1.20 bits per heavy atom. The molecular weight excluding hydrogens is 200 g/mol. The van der Waals surface area contributed by atoms with Gasteiger partial charge in [0, 0.05) is 13.3 Å². The molecule has 1 N–H and O–H groups in total. The Labute approximate surface area is 89.4 Å². The van der Waals surface area contributed by atoms with Crippen molar-refractivity contribution in [2.24, 2.45) is 0 Å². The van der Waals surface area contributed by atoms with E-state index in [1.54, 1.807) is 6.92 Å². The van der Waals surface area contributed by atoms with Crippen molar-refractivity contribution in [3.8, 4) is 0 Å². The molecule has 0 rings (SSSR count). The van der Waals surface area contributed by atoms with Crippen LogP contribution in [0.5, 0.6) is 0 Å². The molecule has 0 amide bonds. The summed E-state index contributed by atoms with van der Waals surface area (Å²) < 4.78 is 4.40. The van der Waals surface area contributed by atoms with Crippen LogP contribution in [0.2, 0.25) is 0 Å². The molecule has 0 spiro atoms. The number of hydrogen-bond acceptors (Lipinski definition) is 4. The number of rotatable bonds is 5. The molecule has 0 aromatic rings. The first-order valence-corrected chi connectivity index (χ1v) is 4.80. The van der Waals surface area contributed by atoms with E-state index in [2.05, 4.69) is 4.74 Å². The Bertz CT molecular complexity index is 210. The minimum atomic E-state index is -1.03. The summed E-state index contributed by atoms with van der Waals surface area (Å²) >= 11 is 0. The van der Waals surface area contributed by atoms with Crippen molar-refractivity contribution in [1.82, 2.24) is 0 Å². The fourth-order valence-electron chi connectivity index (χ4n) is 0.739. The van der Waals surface area contributed by atoms with Crippen LogP contribution >= 0.6 is 0 Å². The highest BCUT2D eigenvalue weighted by molar-refractivity contribution is 5.94. The van der Waals surface area contributed by atoms with Crippen LogP contribution in [-0.4, -0.2) is 29.4 Å². The summed E-state index contributed by atoms with van der Waals surface area (Å²) in [6.45, 7) is 5.50. The summed E-state index contributed by atoms with van der Waals surface area (Å²) in [4.78, 5) is 30.2. The molecule has 0 saturated carbocycles. The molecule has 0 atom stereocenters. The van der Waals surface area contributed by atoms with Gasteiger partial charge in [0.1, 0.15) is 12.2 Å². The van der Waals surface area contributed by atoms with Crippen LogP contribution in [0.15, 0.2) is 0 Å². The molecule has 0 unspecified atom stereocenters. The Kier molecular flexibility index (Phi) is 11.4. The van der Waals surface area contributed by atoms with E-state index in [9.17, 15) is 14.4 Å². The standard InChI is InChI=1S/C6H10O3.C4H8O2/c1-2-3-5(7)4-6(8)9;1-3-6-4(2)5/h2-4H2,1H3,(H,8,9);3H2,1-2H3. The molecule has 0 aliphatic rings. The minimum absolute atomic E-state index is 0.190. The van der Waals surface area contributed by atoms with E-state index in [-0.39, 0.29) is 18.2 Å². The first-order valence-electron chi connectivity index (χ1n) is 4.80. The molecule has 0 aromatic carbocycles. The quantitative estimate of drug-likeness (QED) is 0.557. The monoisotopic (exact) mass is 218 g/mol. The Hall–Kier alpha value is -1.39. The fourth-order valence-corrected chi connectivity index (χ4v) is 0.739. The zero-order valence-electron chi connectivity index (χ0n) is 9.41. The third kappa shape index (κ3) is 19.1. The normalized spacial score (nSPS) is 8.47. The second-order valence-corrected chi connectivity index (χ2v) is 2.78. The highest BCUT2D eigenvalue weighted by atomic mass is 16.5. The molecule has 0 saturated heterocycles. The topological polar surface area (TPSA) is 80.7 Å². The van der Waals surface area contributed by atoms with Crippen molar-refractivity contribution in [1.29, 1.82) is 0 Å². The largest absolute Gasteiger partial charge is 0.481 e. The Morgan fingerprint density at radius 2 is 1.73 bits per heavy atom. The van der Waals surface area contributed by atoms with Gasteiger partial charge in [0.15, 0.2) is 0 Å². The van der Waals surface area contributed by atoms with Gasteiger partial charge in [-0.15, -0.1) is 0 Å². The minimum Gasteiger partial charge on any atom is -0.481 e. The van der Waals surface area contributed by atoms with Crippen LogP contribution < -0.4 is 0 Å². The maximum absolute atomic E-state index is 10.5. The molecule has 0 aliphatic carbocycles. The van der Waals surface area contributed by atoms with E-state index < -0.39 is 5.97 Å². The van der Waals surface area contributed by atoms with Gasteiger partial charge in [0.25, 0.3) is 0 Å². The van der Waals surface area contributed by atoms with Crippen molar-refractivity contribution in [2.45, 2.75) is 40.0 Å². The Morgan fingerprint density at radius 3 is 1.93 bits per heavy atom. The second-order valence-electron chi connectivity index (χ2n) is 2.78. The van der Waals surface area contributed by atoms with Crippen LogP contribution in [0.1, 0.15) is 40.0 Å². The third-order valence-corrected chi connectivity index (χ3v) is 1.22. The lowest BCUT2D eigenvalue weighted by molar-refractivity contribution is -0.141. The van der Waals surface area contributed by atoms with E-state index in [4.69, 9.17) is 5.11 Å². The van der Waals surface area contributed by atoms with Gasteiger partial charge in [-0.1, -0.05) is 6.92 Å². The van der Waals surface area contributed by atoms with Gasteiger partial charge in [-0.25, -0.2) is 0 Å². The molecule has 0 bridgehead atoms. The number of ether oxygens (including phenoxy) is 1. The van der Waals surface area contributed by atoms with E-state index >= 15 is 0 Å². The second kappa shape index (κ2) is 10.7. The number of carbonyl (C=O) groups is 3. The highest BCUT2D eigenvalue weighted by Gasteiger charge is 2.04. The predicted octanol–water partition coefficient (Wildman–Crippen LogP) is 1.40. The van der Waals surface area contributed by atoms with E-state index in [0.29, 0.717) is 13.0 Å². The van der Waals surface area contributed by atoms with Crippen LogP contribution in [-0.2, 0) is 19.1 Å². The van der Waals surface area contributed by atoms with Crippen molar-refractivity contribution < 1.29 is 24.2 Å². The smallest absolute Gasteiger partial charge is 0.310 e. The molecule has 0 heterocycles. The third-order valence-electron chi connectivity index (χ3n) is 1.22. The van der Waals surface area contributed by atoms with Gasteiger partial charge < -0.3 is 9.84 Å². The van der Waals surface area contributed by atoms with Gasteiger partial charge >= 0.3 is 11.9 Å². The van der Waals surface area contributed by atoms with Gasteiger partial charge in [0.2, 0.25) is 0 Å². The van der Waals surface area contributed by atoms with Crippen molar-refractivity contribution in [3.63, 3.8) is 0 Å². The maximum Gasteiger partial charge on any atom is 0.310 e. The van der Waals surface area contributed by atoms with Crippen molar-refractivity contribution in [3.05, 3.63) is 0 Å². The summed E-state index contributed by atoms with van der Waals surface area (Å²) in [5.41, 5.74) is 0. The van der Waals surface area contributed by atoms with Crippen molar-refractivity contribution in [2.75, 3.05) is 6.61 Å². The molecule has 0 radical (unpaired) electrons. The SMILES string of the molecule is CCCC(=O)CC(=O)O.CCOC(C)=O. The zero-order chi connectivity index (χ0) is 12.3. The van der Waals surface area contributed by atoms with Gasteiger partial charge in [0.05, 0.1) is 6.61 Å². The molecule has 0 fully saturated rings. The number of aliphatic carboxylic acids is 1. The van der Waals surface area contributed by atoms with E-state index in [1.165, 1.54) is 6.92 Å². The molecule has 15 heavy (non-hydrogen) atoms. The number of Topliss-reactive ketones (excluding diaryl/α,β-unsaturated/α-hetero) is 1. The van der Waals surface area contributed by atoms with Crippen LogP contribution in [0.3, 0.4) is 0 Å². The number of ketones is 1. The summed E-state index contributed by atoms with van der Waals surface area (Å²) in [6.07, 6.45) is 0.784. The summed E-state index contributed by atoms with van der Waals surface area (Å²) in [6, 6.07) is 0. The van der Waals surface area contributed by atoms with Crippen LogP contribution in [0, 0.1) is 0 Å². The molecular formula is C10H18O5. The van der Waals surface area contributed by atoms with Gasteiger partial charge in [-0.05, 0) is 13.3 Å². The number of hydrogen-bond donors (Lipinski definition) is 1. The summed E-state index contributed by atoms with van der Waals surface area (Å²) in [7, 11) is 0. The maximum atomic E-state index is 10.5. The molecule has 5 nitrogen and oxygen atoms in total. The molecule has 0 aromatic heterocycles. The molecule has 88 valence electrons. The zero-order valence-corrected chi connectivity index (χ0v) is 9.41. The lowest BCUT2D eigenvalue weighted by atomic mass is 10.2. The van der Waals surface area contributed by atoms with Gasteiger partial charge in [-0.3, -0.25) is 14.4 Å². The number of esters is 1. The fraction of sp³-hybridized carbons (Fsp3) is 0.700. The number of carbonyl (C=O) groups excluding carboxylic acids is 2. The number of carboxylic acids is 1. The average molecular weight is 218 g/mol. The summed E-state index contributed by atoms with van der Waals surface area (Å²) in [5.74, 6) is -1.43. The van der Waals surface area contributed by atoms with Crippen molar-refractivity contribution >= 4 is 17.7 Å². The van der Waals surface area contributed by atoms with E-state index in [1.807, 2.05) is 6.92 Å². The molecule has 0 aliphatic heterocycles. The highest BCUT2D eigenvalue weighted by Crippen LogP contribution is 1.92. The predicted molar refractivity (Wildman–Crippen MR) is 54.5 cm³/mol. The molecule has 5 heteroatoms. The van der Waals surface area contributed by atoms with E-state index in [0.717, 1.165) is 6.42 Å². The number of carboxylic acid groups (broad SMARTS) is 1. The van der Waals surface area contributed by atoms with Crippen LogP contribution in [0.4, 0.5) is 0 Å². The Balaban J connectivity index is 0. The lowest BCUT2D eigenvalue weighted by Gasteiger charge is -1.90. The first kappa shape index (κ1) is 16.1. The first-order chi connectivity index (χ1) is 6.93. The summed E-state index contributed by atoms with van der Waals surface area (Å²) in [5, 5.41) is 8.09. The van der Waals surface area contributed by atoms with Gasteiger partial charge in [-0.2, -0.15) is 0 Å². The average Bonchev–Trinajstić information content (AvgIpc) is 2.03. The lowest BCUT2D eigenvalue weighted by Crippen LogP contribution is -2.05. The van der Waals surface area contributed by atoms with Crippen LogP contribution in [0.25, 0.3) is 0 Å².